The third kappa shape index (κ3) is 3.66. The summed E-state index contributed by atoms with van der Waals surface area (Å²) in [6.07, 6.45) is 3.83. The number of fused-ring (bicyclic) bond motifs is 1. The molecular weight excluding hydrogens is 276 g/mol. The van der Waals surface area contributed by atoms with Crippen molar-refractivity contribution >= 4 is 17.0 Å². The molecule has 0 atom stereocenters. The maximum absolute atomic E-state index is 3.40. The van der Waals surface area contributed by atoms with Crippen LogP contribution in [-0.2, 0) is 19.5 Å². The molecule has 0 fully saturated rings. The van der Waals surface area contributed by atoms with Crippen LogP contribution in [-0.4, -0.2) is 13.1 Å². The Morgan fingerprint density at radius 2 is 1.95 bits per heavy atom. The van der Waals surface area contributed by atoms with Gasteiger partial charge in [0.15, 0.2) is 0 Å². The van der Waals surface area contributed by atoms with Crippen molar-refractivity contribution in [3.8, 4) is 0 Å². The van der Waals surface area contributed by atoms with Crippen molar-refractivity contribution in [2.45, 2.75) is 39.3 Å². The Morgan fingerprint density at radius 3 is 2.86 bits per heavy atom. The molecule has 0 radical (unpaired) electrons. The molecule has 2 aromatic rings. The van der Waals surface area contributed by atoms with Gasteiger partial charge in [-0.2, -0.15) is 0 Å². The van der Waals surface area contributed by atoms with Crippen LogP contribution in [0.4, 0.5) is 5.69 Å². The van der Waals surface area contributed by atoms with E-state index in [1.165, 1.54) is 46.8 Å². The molecule has 0 aliphatic carbocycles. The molecule has 0 unspecified atom stereocenters. The number of anilines is 1. The predicted molar refractivity (Wildman–Crippen MR) is 92.1 cm³/mol. The minimum Gasteiger partial charge on any atom is -0.366 e. The largest absolute Gasteiger partial charge is 0.366 e. The molecule has 3 rings (SSSR count). The van der Waals surface area contributed by atoms with Crippen LogP contribution >= 0.6 is 11.3 Å². The molecule has 112 valence electrons. The lowest BCUT2D eigenvalue weighted by atomic mass is 10.1. The van der Waals surface area contributed by atoms with E-state index in [0.717, 1.165) is 19.6 Å². The first-order chi connectivity index (χ1) is 10.4. The van der Waals surface area contributed by atoms with Gasteiger partial charge >= 0.3 is 0 Å². The number of nitrogens with zero attached hydrogens (tertiary/aromatic N) is 1. The van der Waals surface area contributed by atoms with E-state index in [9.17, 15) is 0 Å². The van der Waals surface area contributed by atoms with E-state index in [4.69, 9.17) is 0 Å². The van der Waals surface area contributed by atoms with Gasteiger partial charge < -0.3 is 10.2 Å². The zero-order valence-corrected chi connectivity index (χ0v) is 13.6. The summed E-state index contributed by atoms with van der Waals surface area (Å²) in [5.41, 5.74) is 2.95. The van der Waals surface area contributed by atoms with Crippen LogP contribution in [0.2, 0.25) is 0 Å². The molecular formula is C18H24N2S. The molecule has 0 saturated heterocycles. The van der Waals surface area contributed by atoms with Gasteiger partial charge in [0.05, 0.1) is 6.54 Å². The van der Waals surface area contributed by atoms with Gasteiger partial charge in [0, 0.05) is 28.5 Å². The zero-order chi connectivity index (χ0) is 14.5. The highest BCUT2D eigenvalue weighted by molar-refractivity contribution is 7.12. The van der Waals surface area contributed by atoms with Crippen LogP contribution in [0.3, 0.4) is 0 Å². The number of benzene rings is 1. The van der Waals surface area contributed by atoms with Crippen molar-refractivity contribution in [3.63, 3.8) is 0 Å². The molecule has 0 amide bonds. The minimum atomic E-state index is 0.998. The van der Waals surface area contributed by atoms with E-state index >= 15 is 0 Å². The number of hydrogen-bond donors (Lipinski definition) is 1. The first-order valence-corrected chi connectivity index (χ1v) is 8.79. The van der Waals surface area contributed by atoms with E-state index in [0.29, 0.717) is 0 Å². The van der Waals surface area contributed by atoms with Crippen molar-refractivity contribution in [2.75, 3.05) is 18.0 Å². The fourth-order valence-electron chi connectivity index (χ4n) is 2.97. The third-order valence-electron chi connectivity index (χ3n) is 4.07. The Morgan fingerprint density at radius 1 is 1.10 bits per heavy atom. The van der Waals surface area contributed by atoms with Gasteiger partial charge in [-0.25, -0.2) is 0 Å². The molecule has 1 aliphatic heterocycles. The summed E-state index contributed by atoms with van der Waals surface area (Å²) < 4.78 is 0. The van der Waals surface area contributed by atoms with Crippen molar-refractivity contribution in [1.82, 2.24) is 5.32 Å². The SMILES string of the molecule is CCNCc1ccc(CN2CCCCc3ccccc32)s1. The first kappa shape index (κ1) is 14.6. The van der Waals surface area contributed by atoms with Gasteiger partial charge in [-0.1, -0.05) is 25.1 Å². The number of hydrogen-bond acceptors (Lipinski definition) is 3. The van der Waals surface area contributed by atoms with Gasteiger partial charge in [-0.3, -0.25) is 0 Å². The summed E-state index contributed by atoms with van der Waals surface area (Å²) in [5, 5.41) is 3.40. The zero-order valence-electron chi connectivity index (χ0n) is 12.8. The fourth-order valence-corrected chi connectivity index (χ4v) is 3.98. The molecule has 0 spiro atoms. The number of para-hydroxylation sites is 1. The van der Waals surface area contributed by atoms with E-state index in [-0.39, 0.29) is 0 Å². The molecule has 1 aliphatic rings. The number of thiophene rings is 1. The van der Waals surface area contributed by atoms with Gasteiger partial charge in [0.2, 0.25) is 0 Å². The Balaban J connectivity index is 1.73. The van der Waals surface area contributed by atoms with Gasteiger partial charge in [0.1, 0.15) is 0 Å². The number of aryl methyl sites for hydroxylation is 1. The maximum atomic E-state index is 3.40. The predicted octanol–water partition coefficient (Wildman–Crippen LogP) is 4.20. The van der Waals surface area contributed by atoms with E-state index in [1.54, 1.807) is 0 Å². The van der Waals surface area contributed by atoms with E-state index < -0.39 is 0 Å². The molecule has 2 heterocycles. The first-order valence-electron chi connectivity index (χ1n) is 7.98. The molecule has 2 nitrogen and oxygen atoms in total. The summed E-state index contributed by atoms with van der Waals surface area (Å²) in [6.45, 7) is 6.42. The summed E-state index contributed by atoms with van der Waals surface area (Å²) in [4.78, 5) is 5.47. The van der Waals surface area contributed by atoms with Gasteiger partial charge in [-0.15, -0.1) is 11.3 Å². The van der Waals surface area contributed by atoms with Crippen molar-refractivity contribution < 1.29 is 0 Å². The van der Waals surface area contributed by atoms with Crippen LogP contribution in [0.15, 0.2) is 36.4 Å². The third-order valence-corrected chi connectivity index (χ3v) is 5.14. The minimum absolute atomic E-state index is 0.998. The van der Waals surface area contributed by atoms with Crippen LogP contribution in [0.5, 0.6) is 0 Å². The summed E-state index contributed by atoms with van der Waals surface area (Å²) >= 11 is 1.94. The van der Waals surface area contributed by atoms with Crippen LogP contribution in [0.1, 0.15) is 35.1 Å². The summed E-state index contributed by atoms with van der Waals surface area (Å²) in [7, 11) is 0. The average Bonchev–Trinajstić information content (AvgIpc) is 2.86. The molecule has 3 heteroatoms. The Bertz CT molecular complexity index is 576. The quantitative estimate of drug-likeness (QED) is 0.890. The number of rotatable bonds is 5. The standard InChI is InChI=1S/C18H24N2S/c1-2-19-13-16-10-11-17(21-16)14-20-12-6-5-8-15-7-3-4-9-18(15)20/h3-4,7,9-11,19H,2,5-6,8,12-14H2,1H3. The van der Waals surface area contributed by atoms with Crippen LogP contribution in [0.25, 0.3) is 0 Å². The lowest BCUT2D eigenvalue weighted by Gasteiger charge is -2.24. The number of nitrogens with one attached hydrogen (secondary N) is 1. The maximum Gasteiger partial charge on any atom is 0.0523 e. The van der Waals surface area contributed by atoms with Crippen molar-refractivity contribution in [1.29, 1.82) is 0 Å². The highest BCUT2D eigenvalue weighted by atomic mass is 32.1. The highest BCUT2D eigenvalue weighted by Gasteiger charge is 2.15. The second kappa shape index (κ2) is 7.10. The van der Waals surface area contributed by atoms with Crippen molar-refractivity contribution in [3.05, 3.63) is 51.7 Å². The average molecular weight is 300 g/mol. The van der Waals surface area contributed by atoms with Crippen molar-refractivity contribution in [2.24, 2.45) is 0 Å². The smallest absolute Gasteiger partial charge is 0.0523 e. The Labute approximate surface area is 131 Å². The Kier molecular flexibility index (Phi) is 4.94. The van der Waals surface area contributed by atoms with Crippen LogP contribution < -0.4 is 10.2 Å². The topological polar surface area (TPSA) is 15.3 Å². The lowest BCUT2D eigenvalue weighted by Crippen LogP contribution is -2.22. The lowest BCUT2D eigenvalue weighted by molar-refractivity contribution is 0.717. The van der Waals surface area contributed by atoms with E-state index in [2.05, 4.69) is 53.5 Å². The molecule has 0 bridgehead atoms. The monoisotopic (exact) mass is 300 g/mol. The molecule has 21 heavy (non-hydrogen) atoms. The molecule has 0 saturated carbocycles. The second-order valence-corrected chi connectivity index (χ2v) is 6.91. The highest BCUT2D eigenvalue weighted by Crippen LogP contribution is 2.29. The second-order valence-electron chi connectivity index (χ2n) is 5.66. The summed E-state index contributed by atoms with van der Waals surface area (Å²) in [5.74, 6) is 0. The van der Waals surface area contributed by atoms with Gasteiger partial charge in [-0.05, 0) is 49.6 Å². The fraction of sp³-hybridized carbons (Fsp3) is 0.444. The molecule has 1 aromatic carbocycles. The molecule has 1 aromatic heterocycles. The Hall–Kier alpha value is -1.32. The summed E-state index contributed by atoms with van der Waals surface area (Å²) in [6, 6.07) is 13.5. The normalized spacial score (nSPS) is 14.8. The molecule has 1 N–H and O–H groups in total. The van der Waals surface area contributed by atoms with Crippen LogP contribution in [0, 0.1) is 0 Å². The van der Waals surface area contributed by atoms with Gasteiger partial charge in [0.25, 0.3) is 0 Å². The van der Waals surface area contributed by atoms with E-state index in [1.807, 2.05) is 11.3 Å².